The standard InChI is InChI=1S/C16H16FNO3/c1-11-7-13(17)10-14(8-11)18-5-6-21-15-4-2-3-12(9-15)16(19)20/h2-4,7-10,18H,5-6H2,1H3,(H,19,20). The van der Waals surface area contributed by atoms with Crippen LogP contribution in [0.3, 0.4) is 0 Å². The molecule has 0 unspecified atom stereocenters. The van der Waals surface area contributed by atoms with E-state index in [4.69, 9.17) is 9.84 Å². The van der Waals surface area contributed by atoms with Crippen LogP contribution in [0.5, 0.6) is 5.75 Å². The van der Waals surface area contributed by atoms with Gasteiger partial charge in [-0.25, -0.2) is 9.18 Å². The first-order chi connectivity index (χ1) is 10.0. The van der Waals surface area contributed by atoms with E-state index in [0.717, 1.165) is 5.56 Å². The molecule has 0 bridgehead atoms. The van der Waals surface area contributed by atoms with Crippen molar-refractivity contribution in [3.63, 3.8) is 0 Å². The molecule has 110 valence electrons. The van der Waals surface area contributed by atoms with Crippen molar-refractivity contribution in [3.8, 4) is 5.75 Å². The van der Waals surface area contributed by atoms with Crippen LogP contribution in [0.15, 0.2) is 42.5 Å². The number of ether oxygens (including phenoxy) is 1. The molecule has 0 heterocycles. The number of benzene rings is 2. The van der Waals surface area contributed by atoms with Crippen LogP contribution in [0.4, 0.5) is 10.1 Å². The van der Waals surface area contributed by atoms with Gasteiger partial charge in [0.15, 0.2) is 0 Å². The van der Waals surface area contributed by atoms with Crippen molar-refractivity contribution in [1.82, 2.24) is 0 Å². The molecule has 0 aliphatic rings. The predicted molar refractivity (Wildman–Crippen MR) is 78.5 cm³/mol. The molecule has 0 aromatic heterocycles. The van der Waals surface area contributed by atoms with Crippen molar-refractivity contribution in [2.75, 3.05) is 18.5 Å². The Morgan fingerprint density at radius 1 is 1.29 bits per heavy atom. The summed E-state index contributed by atoms with van der Waals surface area (Å²) in [7, 11) is 0. The minimum Gasteiger partial charge on any atom is -0.492 e. The zero-order valence-corrected chi connectivity index (χ0v) is 11.6. The third-order valence-corrected chi connectivity index (χ3v) is 2.82. The van der Waals surface area contributed by atoms with Crippen molar-refractivity contribution in [2.45, 2.75) is 6.92 Å². The second-order valence-electron chi connectivity index (χ2n) is 4.63. The summed E-state index contributed by atoms with van der Waals surface area (Å²) < 4.78 is 18.7. The highest BCUT2D eigenvalue weighted by Gasteiger charge is 2.03. The lowest BCUT2D eigenvalue weighted by molar-refractivity contribution is 0.0696. The summed E-state index contributed by atoms with van der Waals surface area (Å²) in [5.74, 6) is -0.784. The third kappa shape index (κ3) is 4.49. The highest BCUT2D eigenvalue weighted by atomic mass is 19.1. The lowest BCUT2D eigenvalue weighted by Gasteiger charge is -2.10. The first kappa shape index (κ1) is 14.8. The third-order valence-electron chi connectivity index (χ3n) is 2.82. The molecule has 0 saturated heterocycles. The number of hydrogen-bond acceptors (Lipinski definition) is 3. The second-order valence-corrected chi connectivity index (χ2v) is 4.63. The van der Waals surface area contributed by atoms with Crippen molar-refractivity contribution < 1.29 is 19.0 Å². The van der Waals surface area contributed by atoms with Gasteiger partial charge in [-0.15, -0.1) is 0 Å². The van der Waals surface area contributed by atoms with E-state index in [1.54, 1.807) is 12.1 Å². The molecule has 0 atom stereocenters. The molecular formula is C16H16FNO3. The molecule has 0 aliphatic heterocycles. The van der Waals surface area contributed by atoms with Gasteiger partial charge in [0.05, 0.1) is 5.56 Å². The normalized spacial score (nSPS) is 10.2. The Kier molecular flexibility index (Phi) is 4.77. The highest BCUT2D eigenvalue weighted by Crippen LogP contribution is 2.14. The highest BCUT2D eigenvalue weighted by molar-refractivity contribution is 5.87. The molecular weight excluding hydrogens is 273 g/mol. The number of aryl methyl sites for hydroxylation is 1. The number of anilines is 1. The minimum atomic E-state index is -0.992. The van der Waals surface area contributed by atoms with Gasteiger partial charge in [-0.3, -0.25) is 0 Å². The fraction of sp³-hybridized carbons (Fsp3) is 0.188. The SMILES string of the molecule is Cc1cc(F)cc(NCCOc2cccc(C(=O)O)c2)c1. The summed E-state index contributed by atoms with van der Waals surface area (Å²) in [6, 6.07) is 11.0. The Morgan fingerprint density at radius 2 is 2.10 bits per heavy atom. The zero-order valence-electron chi connectivity index (χ0n) is 11.6. The van der Waals surface area contributed by atoms with Crippen LogP contribution in [0, 0.1) is 12.7 Å². The first-order valence-corrected chi connectivity index (χ1v) is 6.52. The molecule has 0 aliphatic carbocycles. The number of halogens is 1. The van der Waals surface area contributed by atoms with Crippen molar-refractivity contribution in [3.05, 3.63) is 59.4 Å². The number of aromatic carboxylic acids is 1. The average molecular weight is 289 g/mol. The molecule has 0 spiro atoms. The topological polar surface area (TPSA) is 58.6 Å². The van der Waals surface area contributed by atoms with Gasteiger partial charge in [-0.1, -0.05) is 6.07 Å². The molecule has 0 amide bonds. The van der Waals surface area contributed by atoms with Crippen molar-refractivity contribution >= 4 is 11.7 Å². The van der Waals surface area contributed by atoms with Crippen molar-refractivity contribution in [1.29, 1.82) is 0 Å². The number of carboxylic acid groups (broad SMARTS) is 1. The Hall–Kier alpha value is -2.56. The largest absolute Gasteiger partial charge is 0.492 e. The number of carboxylic acids is 1. The minimum absolute atomic E-state index is 0.182. The maximum absolute atomic E-state index is 13.2. The number of nitrogens with one attached hydrogen (secondary N) is 1. The van der Waals surface area contributed by atoms with Gasteiger partial charge in [-0.05, 0) is 48.9 Å². The van der Waals surface area contributed by atoms with Crippen LogP contribution in [-0.4, -0.2) is 24.2 Å². The molecule has 2 aromatic carbocycles. The lowest BCUT2D eigenvalue weighted by Crippen LogP contribution is -2.12. The summed E-state index contributed by atoms with van der Waals surface area (Å²) in [5.41, 5.74) is 1.71. The molecule has 5 heteroatoms. The second kappa shape index (κ2) is 6.74. The fourth-order valence-corrected chi connectivity index (χ4v) is 1.92. The van der Waals surface area contributed by atoms with Gasteiger partial charge in [0.1, 0.15) is 18.2 Å². The van der Waals surface area contributed by atoms with Gasteiger partial charge < -0.3 is 15.2 Å². The van der Waals surface area contributed by atoms with Gasteiger partial charge in [0, 0.05) is 12.2 Å². The molecule has 0 fully saturated rings. The maximum atomic E-state index is 13.2. The summed E-state index contributed by atoms with van der Waals surface area (Å²) in [6.45, 7) is 2.65. The Morgan fingerprint density at radius 3 is 2.81 bits per heavy atom. The van der Waals surface area contributed by atoms with Crippen LogP contribution in [0.25, 0.3) is 0 Å². The van der Waals surface area contributed by atoms with E-state index in [2.05, 4.69) is 5.32 Å². The van der Waals surface area contributed by atoms with Gasteiger partial charge in [-0.2, -0.15) is 0 Å². The quantitative estimate of drug-likeness (QED) is 0.801. The van der Waals surface area contributed by atoms with Gasteiger partial charge >= 0.3 is 5.97 Å². The van der Waals surface area contributed by atoms with E-state index in [1.165, 1.54) is 24.3 Å². The van der Waals surface area contributed by atoms with Crippen LogP contribution in [0.2, 0.25) is 0 Å². The molecule has 2 aromatic rings. The van der Waals surface area contributed by atoms with Crippen molar-refractivity contribution in [2.24, 2.45) is 0 Å². The first-order valence-electron chi connectivity index (χ1n) is 6.52. The summed E-state index contributed by atoms with van der Waals surface area (Å²) in [6.07, 6.45) is 0. The van der Waals surface area contributed by atoms with Crippen LogP contribution >= 0.6 is 0 Å². The van der Waals surface area contributed by atoms with E-state index < -0.39 is 5.97 Å². The average Bonchev–Trinajstić information content (AvgIpc) is 2.43. The number of rotatable bonds is 6. The summed E-state index contributed by atoms with van der Waals surface area (Å²) >= 11 is 0. The molecule has 2 rings (SSSR count). The van der Waals surface area contributed by atoms with E-state index >= 15 is 0 Å². The molecule has 4 nitrogen and oxygen atoms in total. The van der Waals surface area contributed by atoms with E-state index in [-0.39, 0.29) is 11.4 Å². The Balaban J connectivity index is 1.84. The van der Waals surface area contributed by atoms with Crippen LogP contribution in [0.1, 0.15) is 15.9 Å². The van der Waals surface area contributed by atoms with E-state index in [9.17, 15) is 9.18 Å². The van der Waals surface area contributed by atoms with Gasteiger partial charge in [0.2, 0.25) is 0 Å². The summed E-state index contributed by atoms with van der Waals surface area (Å²) in [4.78, 5) is 10.8. The number of carbonyl (C=O) groups is 1. The molecule has 0 saturated carbocycles. The van der Waals surface area contributed by atoms with E-state index in [0.29, 0.717) is 24.6 Å². The van der Waals surface area contributed by atoms with Gasteiger partial charge in [0.25, 0.3) is 0 Å². The van der Waals surface area contributed by atoms with E-state index in [1.807, 2.05) is 13.0 Å². The fourth-order valence-electron chi connectivity index (χ4n) is 1.92. The zero-order chi connectivity index (χ0) is 15.2. The number of hydrogen-bond donors (Lipinski definition) is 2. The molecule has 21 heavy (non-hydrogen) atoms. The Bertz CT molecular complexity index is 623. The van der Waals surface area contributed by atoms with Crippen LogP contribution < -0.4 is 10.1 Å². The smallest absolute Gasteiger partial charge is 0.335 e. The summed E-state index contributed by atoms with van der Waals surface area (Å²) in [5, 5.41) is 11.9. The van der Waals surface area contributed by atoms with Crippen LogP contribution in [-0.2, 0) is 0 Å². The lowest BCUT2D eigenvalue weighted by atomic mass is 10.2. The maximum Gasteiger partial charge on any atom is 0.335 e. The Labute approximate surface area is 122 Å². The monoisotopic (exact) mass is 289 g/mol. The molecule has 0 radical (unpaired) electrons. The predicted octanol–water partition coefficient (Wildman–Crippen LogP) is 3.32. The molecule has 2 N–H and O–H groups in total.